The Labute approximate surface area is 168 Å². The Balaban J connectivity index is 1.54. The average Bonchev–Trinajstić information content (AvgIpc) is 2.97. The number of aromatic nitrogens is 3. The van der Waals surface area contributed by atoms with Gasteiger partial charge in [-0.05, 0) is 37.5 Å². The first-order chi connectivity index (χ1) is 13.6. The van der Waals surface area contributed by atoms with Crippen LogP contribution in [0.15, 0.2) is 35.5 Å². The van der Waals surface area contributed by atoms with Crippen molar-refractivity contribution in [1.29, 1.82) is 5.26 Å². The monoisotopic (exact) mass is 393 g/mol. The van der Waals surface area contributed by atoms with Crippen molar-refractivity contribution < 1.29 is 4.79 Å². The lowest BCUT2D eigenvalue weighted by atomic mass is 9.92. The summed E-state index contributed by atoms with van der Waals surface area (Å²) in [6, 6.07) is 12.5. The van der Waals surface area contributed by atoms with Crippen molar-refractivity contribution in [2.24, 2.45) is 0 Å². The van der Waals surface area contributed by atoms with Gasteiger partial charge in [-0.1, -0.05) is 55.6 Å². The van der Waals surface area contributed by atoms with Gasteiger partial charge in [0.1, 0.15) is 5.54 Å². The highest BCUT2D eigenvalue weighted by molar-refractivity contribution is 7.99. The van der Waals surface area contributed by atoms with E-state index in [1.807, 2.05) is 28.7 Å². The maximum Gasteiger partial charge on any atom is 0.231 e. The molecule has 0 saturated heterocycles. The number of benzene rings is 1. The van der Waals surface area contributed by atoms with Gasteiger partial charge in [-0.2, -0.15) is 5.26 Å². The number of pyridine rings is 1. The molecule has 1 amide bonds. The molecule has 0 radical (unpaired) electrons. The smallest absolute Gasteiger partial charge is 0.231 e. The minimum absolute atomic E-state index is 0.124. The average molecular weight is 394 g/mol. The molecule has 1 fully saturated rings. The van der Waals surface area contributed by atoms with Gasteiger partial charge < -0.3 is 5.32 Å². The van der Waals surface area contributed by atoms with Gasteiger partial charge in [-0.25, -0.2) is 0 Å². The molecule has 7 heteroatoms. The second-order valence-corrected chi connectivity index (χ2v) is 8.41. The predicted molar refractivity (Wildman–Crippen MR) is 110 cm³/mol. The van der Waals surface area contributed by atoms with Crippen LogP contribution in [-0.2, 0) is 4.79 Å². The maximum atomic E-state index is 12.6. The van der Waals surface area contributed by atoms with Gasteiger partial charge in [0, 0.05) is 5.39 Å². The number of nitrogens with zero attached hydrogens (tertiary/aromatic N) is 4. The molecule has 0 unspecified atom stereocenters. The van der Waals surface area contributed by atoms with E-state index < -0.39 is 5.54 Å². The van der Waals surface area contributed by atoms with Crippen LogP contribution < -0.4 is 5.32 Å². The quantitative estimate of drug-likeness (QED) is 0.535. The molecule has 1 aliphatic carbocycles. The normalized spacial score (nSPS) is 16.6. The molecule has 6 nitrogen and oxygen atoms in total. The molecule has 1 N–H and O–H groups in total. The highest BCUT2D eigenvalue weighted by atomic mass is 32.2. The molecule has 1 aliphatic rings. The summed E-state index contributed by atoms with van der Waals surface area (Å²) in [5.74, 6) is 0.0912. The molecule has 0 atom stereocenters. The number of carbonyl (C=O) groups excluding carboxylic acids is 1. The molecule has 28 heavy (non-hydrogen) atoms. The fraction of sp³-hybridized carbons (Fsp3) is 0.429. The van der Waals surface area contributed by atoms with Crippen molar-refractivity contribution in [3.63, 3.8) is 0 Å². The summed E-state index contributed by atoms with van der Waals surface area (Å²) in [7, 11) is 0. The van der Waals surface area contributed by atoms with Crippen LogP contribution in [0, 0.1) is 18.3 Å². The van der Waals surface area contributed by atoms with E-state index in [1.165, 1.54) is 11.8 Å². The zero-order valence-corrected chi connectivity index (χ0v) is 16.8. The minimum atomic E-state index is -0.717. The standard InChI is InChI=1S/C21H23N5OS/c1-15-12-18-24-25-20(26(18)17-9-5-4-8-16(15)17)28-13-19(27)23-21(14-22)10-6-2-3-7-11-21/h4-5,8-9,12H,2-3,6-7,10-11,13H2,1H3,(H,23,27). The van der Waals surface area contributed by atoms with E-state index in [0.717, 1.165) is 60.6 Å². The molecule has 0 aliphatic heterocycles. The SMILES string of the molecule is Cc1cc2nnc(SCC(=O)NC3(C#N)CCCCCC3)n2c2ccccc12. The van der Waals surface area contributed by atoms with Crippen molar-refractivity contribution in [2.45, 2.75) is 56.1 Å². The van der Waals surface area contributed by atoms with Crippen LogP contribution in [0.4, 0.5) is 0 Å². The van der Waals surface area contributed by atoms with Crippen molar-refractivity contribution in [3.05, 3.63) is 35.9 Å². The molecule has 1 saturated carbocycles. The maximum absolute atomic E-state index is 12.6. The van der Waals surface area contributed by atoms with Gasteiger partial charge >= 0.3 is 0 Å². The fourth-order valence-electron chi connectivity index (χ4n) is 4.00. The van der Waals surface area contributed by atoms with E-state index in [1.54, 1.807) is 0 Å². The lowest BCUT2D eigenvalue weighted by Gasteiger charge is -2.26. The molecule has 2 aromatic heterocycles. The molecule has 3 aromatic rings. The Hall–Kier alpha value is -2.59. The fourth-order valence-corrected chi connectivity index (χ4v) is 4.75. The van der Waals surface area contributed by atoms with Gasteiger partial charge in [0.05, 0.1) is 17.3 Å². The van der Waals surface area contributed by atoms with Crippen LogP contribution in [0.25, 0.3) is 16.6 Å². The number of nitriles is 1. The van der Waals surface area contributed by atoms with E-state index in [2.05, 4.69) is 34.6 Å². The summed E-state index contributed by atoms with van der Waals surface area (Å²) in [5, 5.41) is 23.0. The van der Waals surface area contributed by atoms with Gasteiger partial charge in [0.15, 0.2) is 10.8 Å². The van der Waals surface area contributed by atoms with Gasteiger partial charge in [0.2, 0.25) is 5.91 Å². The number of nitrogens with one attached hydrogen (secondary N) is 1. The molecule has 1 aromatic carbocycles. The van der Waals surface area contributed by atoms with E-state index >= 15 is 0 Å². The molecule has 144 valence electrons. The predicted octanol–water partition coefficient (Wildman–Crippen LogP) is 4.02. The third kappa shape index (κ3) is 3.57. The Morgan fingerprint density at radius 2 is 2.00 bits per heavy atom. The van der Waals surface area contributed by atoms with Gasteiger partial charge in [-0.15, -0.1) is 10.2 Å². The first kappa shape index (κ1) is 18.8. The highest BCUT2D eigenvalue weighted by Gasteiger charge is 2.32. The summed E-state index contributed by atoms with van der Waals surface area (Å²) >= 11 is 1.36. The van der Waals surface area contributed by atoms with Crippen LogP contribution in [0.2, 0.25) is 0 Å². The lowest BCUT2D eigenvalue weighted by molar-refractivity contribution is -0.120. The number of fused-ring (bicyclic) bond motifs is 3. The largest absolute Gasteiger partial charge is 0.337 e. The number of thioether (sulfide) groups is 1. The van der Waals surface area contributed by atoms with Gasteiger partial charge in [-0.3, -0.25) is 9.20 Å². The third-order valence-corrected chi connectivity index (χ3v) is 6.38. The Morgan fingerprint density at radius 1 is 1.25 bits per heavy atom. The second kappa shape index (κ2) is 7.80. The van der Waals surface area contributed by atoms with Crippen LogP contribution >= 0.6 is 11.8 Å². The molecule has 0 spiro atoms. The van der Waals surface area contributed by atoms with E-state index in [4.69, 9.17) is 0 Å². The summed E-state index contributed by atoms with van der Waals surface area (Å²) in [6.45, 7) is 2.06. The summed E-state index contributed by atoms with van der Waals surface area (Å²) < 4.78 is 1.99. The molecule has 0 bridgehead atoms. The van der Waals surface area contributed by atoms with E-state index in [-0.39, 0.29) is 11.7 Å². The summed E-state index contributed by atoms with van der Waals surface area (Å²) in [6.07, 6.45) is 5.70. The number of rotatable bonds is 4. The first-order valence-electron chi connectivity index (χ1n) is 9.70. The first-order valence-corrected chi connectivity index (χ1v) is 10.7. The number of amides is 1. The van der Waals surface area contributed by atoms with Crippen molar-refractivity contribution in [2.75, 3.05) is 5.75 Å². The van der Waals surface area contributed by atoms with Gasteiger partial charge in [0.25, 0.3) is 0 Å². The number of para-hydroxylation sites is 1. The van der Waals surface area contributed by atoms with Crippen LogP contribution in [0.1, 0.15) is 44.1 Å². The Bertz CT molecular complexity index is 1060. The number of hydrogen-bond donors (Lipinski definition) is 1. The van der Waals surface area contributed by atoms with E-state index in [9.17, 15) is 10.1 Å². The molecular formula is C21H23N5OS. The van der Waals surface area contributed by atoms with Crippen molar-refractivity contribution in [3.8, 4) is 6.07 Å². The number of aryl methyl sites for hydroxylation is 1. The van der Waals surface area contributed by atoms with E-state index in [0.29, 0.717) is 5.16 Å². The summed E-state index contributed by atoms with van der Waals surface area (Å²) in [4.78, 5) is 12.6. The van der Waals surface area contributed by atoms with Crippen LogP contribution in [-0.4, -0.2) is 31.8 Å². The van der Waals surface area contributed by atoms with Crippen molar-refractivity contribution >= 4 is 34.2 Å². The summed E-state index contributed by atoms with van der Waals surface area (Å²) in [5.41, 5.74) is 2.23. The highest BCUT2D eigenvalue weighted by Crippen LogP contribution is 2.28. The zero-order chi connectivity index (χ0) is 19.6. The molecule has 4 rings (SSSR count). The minimum Gasteiger partial charge on any atom is -0.337 e. The molecular weight excluding hydrogens is 370 g/mol. The topological polar surface area (TPSA) is 83.1 Å². The second-order valence-electron chi connectivity index (χ2n) is 7.47. The van der Waals surface area contributed by atoms with Crippen LogP contribution in [0.5, 0.6) is 0 Å². The van der Waals surface area contributed by atoms with Crippen LogP contribution in [0.3, 0.4) is 0 Å². The Kier molecular flexibility index (Phi) is 5.23. The molecule has 2 heterocycles. The zero-order valence-electron chi connectivity index (χ0n) is 15.9. The third-order valence-electron chi connectivity index (χ3n) is 5.46. The lowest BCUT2D eigenvalue weighted by Crippen LogP contribution is -2.47. The Morgan fingerprint density at radius 3 is 2.75 bits per heavy atom. The number of hydrogen-bond acceptors (Lipinski definition) is 5. The number of carbonyl (C=O) groups is 1. The van der Waals surface area contributed by atoms with Crippen molar-refractivity contribution in [1.82, 2.24) is 19.9 Å².